The van der Waals surface area contributed by atoms with Crippen LogP contribution in [0.25, 0.3) is 16.5 Å². The van der Waals surface area contributed by atoms with Crippen molar-refractivity contribution in [1.82, 2.24) is 4.90 Å². The maximum atomic E-state index is 13.2. The molecule has 1 fully saturated rings. The van der Waals surface area contributed by atoms with Crippen LogP contribution in [0.15, 0.2) is 95.1 Å². The molecule has 33 heavy (non-hydrogen) atoms. The molecule has 6 heteroatoms. The summed E-state index contributed by atoms with van der Waals surface area (Å²) in [6, 6.07) is 23.0. The Hall–Kier alpha value is -4.32. The van der Waals surface area contributed by atoms with Crippen LogP contribution < -0.4 is 4.74 Å². The van der Waals surface area contributed by atoms with Crippen molar-refractivity contribution in [2.24, 2.45) is 0 Å². The van der Waals surface area contributed by atoms with Crippen molar-refractivity contribution < 1.29 is 23.8 Å². The molecule has 164 valence electrons. The summed E-state index contributed by atoms with van der Waals surface area (Å²) in [7, 11) is 1.55. The van der Waals surface area contributed by atoms with Gasteiger partial charge in [0.05, 0.1) is 31.5 Å². The van der Waals surface area contributed by atoms with E-state index in [9.17, 15) is 14.7 Å². The van der Waals surface area contributed by atoms with Crippen molar-refractivity contribution in [3.63, 3.8) is 0 Å². The number of likely N-dealkylation sites (tertiary alicyclic amines) is 1. The molecule has 1 N–H and O–H groups in total. The lowest BCUT2D eigenvalue weighted by molar-refractivity contribution is -0.140. The van der Waals surface area contributed by atoms with Crippen molar-refractivity contribution in [2.45, 2.75) is 12.6 Å². The number of amides is 1. The lowest BCUT2D eigenvalue weighted by Gasteiger charge is -2.24. The van der Waals surface area contributed by atoms with Crippen LogP contribution in [0.3, 0.4) is 0 Å². The molecule has 1 saturated heterocycles. The molecule has 1 aliphatic heterocycles. The summed E-state index contributed by atoms with van der Waals surface area (Å²) in [4.78, 5) is 27.7. The van der Waals surface area contributed by atoms with Crippen LogP contribution in [0.1, 0.15) is 22.9 Å². The van der Waals surface area contributed by atoms with Gasteiger partial charge in [0.25, 0.3) is 11.7 Å². The quantitative estimate of drug-likeness (QED) is 0.267. The van der Waals surface area contributed by atoms with Gasteiger partial charge in [0.1, 0.15) is 17.3 Å². The zero-order valence-electron chi connectivity index (χ0n) is 17.9. The van der Waals surface area contributed by atoms with Crippen molar-refractivity contribution in [3.8, 4) is 5.75 Å². The number of carbonyl (C=O) groups excluding carboxylic acids is 2. The van der Waals surface area contributed by atoms with Gasteiger partial charge in [0.15, 0.2) is 0 Å². The van der Waals surface area contributed by atoms with Crippen LogP contribution in [-0.4, -0.2) is 28.8 Å². The van der Waals surface area contributed by atoms with Gasteiger partial charge >= 0.3 is 0 Å². The van der Waals surface area contributed by atoms with Crippen molar-refractivity contribution in [3.05, 3.63) is 108 Å². The minimum absolute atomic E-state index is 0.0371. The van der Waals surface area contributed by atoms with Gasteiger partial charge in [0.2, 0.25) is 0 Å². The van der Waals surface area contributed by atoms with E-state index in [-0.39, 0.29) is 17.9 Å². The van der Waals surface area contributed by atoms with E-state index in [0.717, 1.165) is 10.8 Å². The molecule has 1 aliphatic rings. The Balaban J connectivity index is 1.68. The first-order valence-electron chi connectivity index (χ1n) is 10.5. The zero-order chi connectivity index (χ0) is 22.9. The van der Waals surface area contributed by atoms with Crippen LogP contribution in [0.2, 0.25) is 0 Å². The van der Waals surface area contributed by atoms with Crippen LogP contribution >= 0.6 is 0 Å². The number of aliphatic hydroxyl groups is 1. The molecular formula is C27H21NO5. The number of fused-ring (bicyclic) bond motifs is 1. The summed E-state index contributed by atoms with van der Waals surface area (Å²) in [5.74, 6) is -0.521. The Labute approximate surface area is 190 Å². The lowest BCUT2D eigenvalue weighted by Crippen LogP contribution is -2.29. The highest BCUT2D eigenvalue weighted by molar-refractivity contribution is 6.46. The summed E-state index contributed by atoms with van der Waals surface area (Å²) in [5.41, 5.74) is 1.16. The van der Waals surface area contributed by atoms with Crippen LogP contribution in [0.5, 0.6) is 5.75 Å². The number of rotatable bonds is 5. The van der Waals surface area contributed by atoms with Crippen LogP contribution in [-0.2, 0) is 16.1 Å². The Morgan fingerprint density at radius 2 is 1.79 bits per heavy atom. The van der Waals surface area contributed by atoms with E-state index in [1.807, 2.05) is 42.5 Å². The smallest absolute Gasteiger partial charge is 0.296 e. The number of ether oxygens (including phenoxy) is 1. The Morgan fingerprint density at radius 3 is 2.55 bits per heavy atom. The number of Topliss-reactive ketones (excluding diaryl/α,β-unsaturated/α-hetero) is 1. The van der Waals surface area contributed by atoms with E-state index in [2.05, 4.69) is 0 Å². The number of carbonyl (C=O) groups is 2. The third kappa shape index (κ3) is 3.65. The fourth-order valence-electron chi connectivity index (χ4n) is 4.26. The second kappa shape index (κ2) is 8.31. The number of ketones is 1. The van der Waals surface area contributed by atoms with Crippen molar-refractivity contribution in [2.75, 3.05) is 7.11 Å². The van der Waals surface area contributed by atoms with Gasteiger partial charge in [0, 0.05) is 5.56 Å². The second-order valence-corrected chi connectivity index (χ2v) is 7.84. The Kier molecular flexibility index (Phi) is 5.18. The number of benzene rings is 3. The molecule has 4 aromatic rings. The summed E-state index contributed by atoms with van der Waals surface area (Å²) >= 11 is 0. The van der Waals surface area contributed by atoms with Gasteiger partial charge in [-0.3, -0.25) is 9.59 Å². The number of furan rings is 1. The number of hydrogen-bond acceptors (Lipinski definition) is 5. The molecule has 0 saturated carbocycles. The van der Waals surface area contributed by atoms with Gasteiger partial charge < -0.3 is 19.2 Å². The minimum atomic E-state index is -0.795. The number of nitrogens with zero attached hydrogens (tertiary/aromatic N) is 1. The topological polar surface area (TPSA) is 80.0 Å². The molecular weight excluding hydrogens is 418 g/mol. The molecule has 1 aromatic heterocycles. The largest absolute Gasteiger partial charge is 0.507 e. The minimum Gasteiger partial charge on any atom is -0.507 e. The summed E-state index contributed by atoms with van der Waals surface area (Å²) in [6.07, 6.45) is 1.52. The molecule has 1 amide bonds. The van der Waals surface area contributed by atoms with E-state index in [1.165, 1.54) is 11.2 Å². The summed E-state index contributed by atoms with van der Waals surface area (Å²) < 4.78 is 10.8. The highest BCUT2D eigenvalue weighted by atomic mass is 16.5. The second-order valence-electron chi connectivity index (χ2n) is 7.84. The maximum Gasteiger partial charge on any atom is 0.296 e. The lowest BCUT2D eigenvalue weighted by atomic mass is 9.94. The van der Waals surface area contributed by atoms with Gasteiger partial charge in [-0.25, -0.2) is 0 Å². The third-order valence-electron chi connectivity index (χ3n) is 5.88. The molecule has 5 rings (SSSR count). The molecule has 1 unspecified atom stereocenters. The van der Waals surface area contributed by atoms with Gasteiger partial charge in [-0.15, -0.1) is 0 Å². The first kappa shape index (κ1) is 20.6. The molecule has 0 radical (unpaired) electrons. The fraction of sp³-hybridized carbons (Fsp3) is 0.111. The van der Waals surface area contributed by atoms with Crippen LogP contribution in [0, 0.1) is 0 Å². The number of methoxy groups -OCH3 is 1. The first-order valence-corrected chi connectivity index (χ1v) is 10.5. The van der Waals surface area contributed by atoms with E-state index in [1.54, 1.807) is 43.5 Å². The van der Waals surface area contributed by atoms with Crippen LogP contribution in [0.4, 0.5) is 0 Å². The molecule has 6 nitrogen and oxygen atoms in total. The van der Waals surface area contributed by atoms with E-state index in [4.69, 9.17) is 9.15 Å². The van der Waals surface area contributed by atoms with Gasteiger partial charge in [-0.2, -0.15) is 0 Å². The van der Waals surface area contributed by atoms with Gasteiger partial charge in [-0.1, -0.05) is 48.5 Å². The van der Waals surface area contributed by atoms with E-state index >= 15 is 0 Å². The highest BCUT2D eigenvalue weighted by Crippen LogP contribution is 2.41. The van der Waals surface area contributed by atoms with E-state index < -0.39 is 17.7 Å². The highest BCUT2D eigenvalue weighted by Gasteiger charge is 2.46. The maximum absolute atomic E-state index is 13.2. The average Bonchev–Trinajstić information content (AvgIpc) is 3.45. The standard InChI is InChI=1S/C27H21NO5/c1-32-21-9-4-8-19(15-21)24-23(26(30)27(31)28(24)16-22-10-5-13-33-22)25(29)20-12-11-17-6-2-3-7-18(17)14-20/h2-15,24,29H,16H2,1H3/b25-23-. The predicted molar refractivity (Wildman–Crippen MR) is 123 cm³/mol. The third-order valence-corrected chi connectivity index (χ3v) is 5.88. The van der Waals surface area contributed by atoms with Gasteiger partial charge in [-0.05, 0) is 46.7 Å². The monoisotopic (exact) mass is 439 g/mol. The zero-order valence-corrected chi connectivity index (χ0v) is 17.9. The summed E-state index contributed by atoms with van der Waals surface area (Å²) in [6.45, 7) is 0.0912. The molecule has 1 atom stereocenters. The molecule has 0 bridgehead atoms. The van der Waals surface area contributed by atoms with Crippen molar-refractivity contribution >= 4 is 28.2 Å². The SMILES string of the molecule is COc1cccc(C2/C(=C(/O)c3ccc4ccccc4c3)C(=O)C(=O)N2Cc2ccco2)c1. The first-order chi connectivity index (χ1) is 16.1. The molecule has 0 aliphatic carbocycles. The number of aliphatic hydroxyl groups excluding tert-OH is 1. The van der Waals surface area contributed by atoms with Crippen molar-refractivity contribution in [1.29, 1.82) is 0 Å². The molecule has 3 aromatic carbocycles. The number of hydrogen-bond donors (Lipinski definition) is 1. The fourth-order valence-corrected chi connectivity index (χ4v) is 4.26. The average molecular weight is 439 g/mol. The Morgan fingerprint density at radius 1 is 0.970 bits per heavy atom. The normalized spacial score (nSPS) is 17.6. The summed E-state index contributed by atoms with van der Waals surface area (Å²) in [5, 5.41) is 13.2. The molecule has 0 spiro atoms. The van der Waals surface area contributed by atoms with E-state index in [0.29, 0.717) is 22.6 Å². The Bertz CT molecular complexity index is 1390. The predicted octanol–water partition coefficient (Wildman–Crippen LogP) is 5.06. The molecule has 2 heterocycles.